The highest BCUT2D eigenvalue weighted by Gasteiger charge is 2.07. The number of nitrogens with one attached hydrogen (secondary N) is 1. The third-order valence-corrected chi connectivity index (χ3v) is 3.06. The minimum Gasteiger partial charge on any atom is -0.338 e. The third-order valence-electron chi connectivity index (χ3n) is 2.86. The van der Waals surface area contributed by atoms with Crippen LogP contribution in [0.2, 0.25) is 5.15 Å². The predicted molar refractivity (Wildman–Crippen MR) is 82.2 cm³/mol. The van der Waals surface area contributed by atoms with E-state index in [4.69, 9.17) is 11.6 Å². The molecule has 3 rings (SSSR count). The molecule has 0 fully saturated rings. The highest BCUT2D eigenvalue weighted by atomic mass is 35.5. The monoisotopic (exact) mass is 299 g/mol. The molecule has 1 heterocycles. The van der Waals surface area contributed by atoms with Gasteiger partial charge in [-0.3, -0.25) is 0 Å². The van der Waals surface area contributed by atoms with Crippen molar-refractivity contribution in [3.05, 3.63) is 71.6 Å². The van der Waals surface area contributed by atoms with Gasteiger partial charge in [0.15, 0.2) is 5.82 Å². The number of hydrogen-bond acceptors (Lipinski definition) is 3. The molecule has 2 aromatic carbocycles. The topological polar surface area (TPSA) is 37.8 Å². The molecule has 0 atom stereocenters. The summed E-state index contributed by atoms with van der Waals surface area (Å²) in [6.45, 7) is 0. The summed E-state index contributed by atoms with van der Waals surface area (Å²) in [7, 11) is 0. The summed E-state index contributed by atoms with van der Waals surface area (Å²) >= 11 is 6.02. The lowest BCUT2D eigenvalue weighted by Gasteiger charge is -2.08. The molecular formula is C16H11ClFN3. The molecule has 0 saturated heterocycles. The Morgan fingerprint density at radius 2 is 1.62 bits per heavy atom. The van der Waals surface area contributed by atoms with Gasteiger partial charge >= 0.3 is 0 Å². The SMILES string of the molecule is Fc1ccccc1Nc1cc(Cl)nc(-c2ccccc2)n1. The van der Waals surface area contributed by atoms with Crippen LogP contribution in [-0.4, -0.2) is 9.97 Å². The van der Waals surface area contributed by atoms with Crippen molar-refractivity contribution in [3.8, 4) is 11.4 Å². The number of aromatic nitrogens is 2. The average Bonchev–Trinajstić information content (AvgIpc) is 2.50. The molecule has 0 bridgehead atoms. The maximum absolute atomic E-state index is 13.7. The van der Waals surface area contributed by atoms with Crippen LogP contribution in [0.5, 0.6) is 0 Å². The maximum atomic E-state index is 13.7. The van der Waals surface area contributed by atoms with Gasteiger partial charge in [0, 0.05) is 11.6 Å². The van der Waals surface area contributed by atoms with Gasteiger partial charge in [0.05, 0.1) is 5.69 Å². The first-order valence-corrected chi connectivity index (χ1v) is 6.72. The smallest absolute Gasteiger partial charge is 0.163 e. The van der Waals surface area contributed by atoms with Crippen molar-refractivity contribution >= 4 is 23.1 Å². The Morgan fingerprint density at radius 3 is 2.38 bits per heavy atom. The molecule has 1 aromatic heterocycles. The fourth-order valence-electron chi connectivity index (χ4n) is 1.90. The maximum Gasteiger partial charge on any atom is 0.163 e. The molecule has 0 spiro atoms. The first-order valence-electron chi connectivity index (χ1n) is 6.34. The van der Waals surface area contributed by atoms with Gasteiger partial charge in [0.1, 0.15) is 16.8 Å². The van der Waals surface area contributed by atoms with Crippen molar-refractivity contribution in [2.24, 2.45) is 0 Å². The number of hydrogen-bond donors (Lipinski definition) is 1. The van der Waals surface area contributed by atoms with Gasteiger partial charge in [-0.05, 0) is 12.1 Å². The number of nitrogens with zero attached hydrogens (tertiary/aromatic N) is 2. The Morgan fingerprint density at radius 1 is 0.905 bits per heavy atom. The van der Waals surface area contributed by atoms with Crippen LogP contribution in [0.3, 0.4) is 0 Å². The fourth-order valence-corrected chi connectivity index (χ4v) is 2.08. The van der Waals surface area contributed by atoms with E-state index in [2.05, 4.69) is 15.3 Å². The van der Waals surface area contributed by atoms with Crippen molar-refractivity contribution in [2.75, 3.05) is 5.32 Å². The number of para-hydroxylation sites is 1. The minimum absolute atomic E-state index is 0.294. The van der Waals surface area contributed by atoms with E-state index in [1.807, 2.05) is 30.3 Å². The molecule has 5 heteroatoms. The summed E-state index contributed by atoms with van der Waals surface area (Å²) in [6.07, 6.45) is 0. The Kier molecular flexibility index (Phi) is 3.79. The molecule has 21 heavy (non-hydrogen) atoms. The summed E-state index contributed by atoms with van der Waals surface area (Å²) in [4.78, 5) is 8.56. The van der Waals surface area contributed by atoms with Crippen molar-refractivity contribution in [3.63, 3.8) is 0 Å². The first kappa shape index (κ1) is 13.5. The third kappa shape index (κ3) is 3.17. The van der Waals surface area contributed by atoms with E-state index < -0.39 is 0 Å². The van der Waals surface area contributed by atoms with E-state index in [-0.39, 0.29) is 5.82 Å². The predicted octanol–water partition coefficient (Wildman–Crippen LogP) is 4.68. The number of benzene rings is 2. The Labute approximate surface area is 126 Å². The molecule has 0 radical (unpaired) electrons. The van der Waals surface area contributed by atoms with Gasteiger partial charge < -0.3 is 5.32 Å². The summed E-state index contributed by atoms with van der Waals surface area (Å²) in [5, 5.41) is 3.21. The Balaban J connectivity index is 1.97. The van der Waals surface area contributed by atoms with Crippen LogP contribution in [0.25, 0.3) is 11.4 Å². The zero-order valence-corrected chi connectivity index (χ0v) is 11.7. The van der Waals surface area contributed by atoms with Gasteiger partial charge in [0.2, 0.25) is 0 Å². The van der Waals surface area contributed by atoms with Crippen LogP contribution in [-0.2, 0) is 0 Å². The normalized spacial score (nSPS) is 10.4. The average molecular weight is 300 g/mol. The summed E-state index contributed by atoms with van der Waals surface area (Å²) < 4.78 is 13.7. The highest BCUT2D eigenvalue weighted by molar-refractivity contribution is 6.29. The quantitative estimate of drug-likeness (QED) is 0.714. The van der Waals surface area contributed by atoms with Crippen LogP contribution < -0.4 is 5.32 Å². The second kappa shape index (κ2) is 5.89. The summed E-state index contributed by atoms with van der Waals surface area (Å²) in [5.41, 5.74) is 1.18. The summed E-state index contributed by atoms with van der Waals surface area (Å²) in [6, 6.07) is 17.4. The van der Waals surface area contributed by atoms with Crippen molar-refractivity contribution in [2.45, 2.75) is 0 Å². The molecule has 0 amide bonds. The molecule has 0 aliphatic heterocycles. The van der Waals surface area contributed by atoms with Crippen LogP contribution in [0.4, 0.5) is 15.9 Å². The summed E-state index contributed by atoms with van der Waals surface area (Å²) in [5.74, 6) is 0.578. The molecule has 0 aliphatic rings. The van der Waals surface area contributed by atoms with E-state index in [0.717, 1.165) is 5.56 Å². The molecule has 1 N–H and O–H groups in total. The van der Waals surface area contributed by atoms with Crippen LogP contribution >= 0.6 is 11.6 Å². The van der Waals surface area contributed by atoms with Crippen molar-refractivity contribution < 1.29 is 4.39 Å². The largest absolute Gasteiger partial charge is 0.338 e. The zero-order valence-electron chi connectivity index (χ0n) is 10.9. The Bertz CT molecular complexity index is 762. The molecule has 0 unspecified atom stereocenters. The van der Waals surface area contributed by atoms with Crippen LogP contribution in [0.15, 0.2) is 60.7 Å². The van der Waals surface area contributed by atoms with E-state index >= 15 is 0 Å². The van der Waals surface area contributed by atoms with E-state index in [1.165, 1.54) is 6.07 Å². The van der Waals surface area contributed by atoms with Gasteiger partial charge in [-0.25, -0.2) is 14.4 Å². The van der Waals surface area contributed by atoms with Crippen LogP contribution in [0.1, 0.15) is 0 Å². The lowest BCUT2D eigenvalue weighted by molar-refractivity contribution is 0.632. The second-order valence-electron chi connectivity index (χ2n) is 4.37. The second-order valence-corrected chi connectivity index (χ2v) is 4.76. The number of anilines is 2. The molecular weight excluding hydrogens is 289 g/mol. The molecule has 0 aliphatic carbocycles. The first-order chi connectivity index (χ1) is 10.2. The Hall–Kier alpha value is -2.46. The number of rotatable bonds is 3. The van der Waals surface area contributed by atoms with Gasteiger partial charge in [-0.2, -0.15) is 0 Å². The van der Waals surface area contributed by atoms with Crippen molar-refractivity contribution in [1.82, 2.24) is 9.97 Å². The molecule has 104 valence electrons. The van der Waals surface area contributed by atoms with Gasteiger partial charge in [-0.1, -0.05) is 54.1 Å². The minimum atomic E-state index is -0.353. The molecule has 3 nitrogen and oxygen atoms in total. The van der Waals surface area contributed by atoms with E-state index in [9.17, 15) is 4.39 Å². The van der Waals surface area contributed by atoms with Crippen molar-refractivity contribution in [1.29, 1.82) is 0 Å². The highest BCUT2D eigenvalue weighted by Crippen LogP contribution is 2.23. The lowest BCUT2D eigenvalue weighted by atomic mass is 10.2. The molecule has 0 saturated carbocycles. The fraction of sp³-hybridized carbons (Fsp3) is 0. The van der Waals surface area contributed by atoms with Gasteiger partial charge in [-0.15, -0.1) is 0 Å². The zero-order chi connectivity index (χ0) is 14.7. The van der Waals surface area contributed by atoms with E-state index in [1.54, 1.807) is 24.3 Å². The number of halogens is 2. The van der Waals surface area contributed by atoms with E-state index in [0.29, 0.717) is 22.5 Å². The lowest BCUT2D eigenvalue weighted by Crippen LogP contribution is -1.99. The standard InChI is InChI=1S/C16H11ClFN3/c17-14-10-15(19-13-9-5-4-8-12(13)18)21-16(20-14)11-6-2-1-3-7-11/h1-10H,(H,19,20,21). The van der Waals surface area contributed by atoms with Crippen LogP contribution in [0, 0.1) is 5.82 Å². The molecule has 3 aromatic rings. The van der Waals surface area contributed by atoms with Gasteiger partial charge in [0.25, 0.3) is 0 Å².